The highest BCUT2D eigenvalue weighted by molar-refractivity contribution is 5.16. The van der Waals surface area contributed by atoms with Crippen molar-refractivity contribution in [3.05, 3.63) is 35.9 Å². The first-order valence-electron chi connectivity index (χ1n) is 7.82. The number of hydrogen-bond acceptors (Lipinski definition) is 3. The fourth-order valence-corrected chi connectivity index (χ4v) is 3.03. The van der Waals surface area contributed by atoms with Crippen LogP contribution < -0.4 is 11.1 Å². The molecule has 1 aromatic carbocycles. The normalized spacial score (nSPS) is 21.4. The number of benzene rings is 1. The van der Waals surface area contributed by atoms with Crippen LogP contribution >= 0.6 is 0 Å². The van der Waals surface area contributed by atoms with Gasteiger partial charge in [-0.15, -0.1) is 0 Å². The van der Waals surface area contributed by atoms with Crippen molar-refractivity contribution < 1.29 is 5.11 Å². The lowest BCUT2D eigenvalue weighted by Crippen LogP contribution is -2.51. The van der Waals surface area contributed by atoms with Gasteiger partial charge in [0.05, 0.1) is 6.10 Å². The highest BCUT2D eigenvalue weighted by Crippen LogP contribution is 2.27. The van der Waals surface area contributed by atoms with E-state index in [9.17, 15) is 5.11 Å². The molecule has 2 rings (SSSR count). The van der Waals surface area contributed by atoms with Crippen molar-refractivity contribution in [3.8, 4) is 0 Å². The quantitative estimate of drug-likeness (QED) is 0.747. The van der Waals surface area contributed by atoms with Crippen molar-refractivity contribution >= 4 is 0 Å². The van der Waals surface area contributed by atoms with Crippen LogP contribution in [0.2, 0.25) is 0 Å². The predicted molar refractivity (Wildman–Crippen MR) is 83.6 cm³/mol. The molecule has 112 valence electrons. The third kappa shape index (κ3) is 4.58. The van der Waals surface area contributed by atoms with Crippen molar-refractivity contribution in [2.24, 2.45) is 5.73 Å². The molecule has 0 amide bonds. The summed E-state index contributed by atoms with van der Waals surface area (Å²) in [6.07, 6.45) is 6.55. The fraction of sp³-hybridized carbons (Fsp3) is 0.647. The van der Waals surface area contributed by atoms with Crippen molar-refractivity contribution in [3.63, 3.8) is 0 Å². The number of β-amino-alcohol motifs (C(OH)–C–C–N with tert-alkyl or cyclic N) is 1. The molecule has 0 aromatic heterocycles. The van der Waals surface area contributed by atoms with Crippen LogP contribution in [0.1, 0.15) is 44.6 Å². The van der Waals surface area contributed by atoms with Gasteiger partial charge in [-0.25, -0.2) is 0 Å². The van der Waals surface area contributed by atoms with Gasteiger partial charge in [-0.2, -0.15) is 0 Å². The number of aliphatic hydroxyl groups is 1. The van der Waals surface area contributed by atoms with Gasteiger partial charge in [0.2, 0.25) is 0 Å². The summed E-state index contributed by atoms with van der Waals surface area (Å²) >= 11 is 0. The standard InChI is InChI=1S/C17H28N2O/c1-17(10-6-3-7-11-17)19-13-16(20)15(18)12-14-8-4-2-5-9-14/h2,4-5,8-9,15-16,19-20H,3,6-7,10-13,18H2,1H3/t15-,16+/m0/s1. The van der Waals surface area contributed by atoms with E-state index in [1.807, 2.05) is 18.2 Å². The van der Waals surface area contributed by atoms with Crippen molar-refractivity contribution in [1.82, 2.24) is 5.32 Å². The van der Waals surface area contributed by atoms with Gasteiger partial charge in [0.1, 0.15) is 0 Å². The summed E-state index contributed by atoms with van der Waals surface area (Å²) in [4.78, 5) is 0. The van der Waals surface area contributed by atoms with E-state index < -0.39 is 6.10 Å². The second kappa shape index (κ2) is 7.21. The fourth-order valence-electron chi connectivity index (χ4n) is 3.03. The van der Waals surface area contributed by atoms with Gasteiger partial charge in [-0.1, -0.05) is 49.6 Å². The molecule has 0 bridgehead atoms. The topological polar surface area (TPSA) is 58.3 Å². The Morgan fingerprint density at radius 1 is 1.20 bits per heavy atom. The van der Waals surface area contributed by atoms with Crippen molar-refractivity contribution in [2.45, 2.75) is 63.1 Å². The van der Waals surface area contributed by atoms with E-state index in [1.54, 1.807) is 0 Å². The first-order chi connectivity index (χ1) is 9.59. The van der Waals surface area contributed by atoms with Gasteiger partial charge in [-0.3, -0.25) is 0 Å². The zero-order valence-electron chi connectivity index (χ0n) is 12.5. The number of aliphatic hydroxyl groups excluding tert-OH is 1. The Kier molecular flexibility index (Phi) is 5.58. The molecule has 2 atom stereocenters. The lowest BCUT2D eigenvalue weighted by molar-refractivity contribution is 0.121. The summed E-state index contributed by atoms with van der Waals surface area (Å²) in [5.41, 5.74) is 7.49. The Bertz CT molecular complexity index is 387. The van der Waals surface area contributed by atoms with Gasteiger partial charge in [0.25, 0.3) is 0 Å². The molecule has 0 heterocycles. The minimum Gasteiger partial charge on any atom is -0.390 e. The Balaban J connectivity index is 1.77. The van der Waals surface area contributed by atoms with Crippen LogP contribution in [0, 0.1) is 0 Å². The third-order valence-corrected chi connectivity index (χ3v) is 4.50. The molecule has 3 heteroatoms. The van der Waals surface area contributed by atoms with Gasteiger partial charge in [0, 0.05) is 18.1 Å². The molecule has 0 unspecified atom stereocenters. The Morgan fingerprint density at radius 3 is 2.50 bits per heavy atom. The highest BCUT2D eigenvalue weighted by atomic mass is 16.3. The average molecular weight is 276 g/mol. The molecule has 20 heavy (non-hydrogen) atoms. The van der Waals surface area contributed by atoms with Gasteiger partial charge in [-0.05, 0) is 31.7 Å². The lowest BCUT2D eigenvalue weighted by atomic mass is 9.83. The van der Waals surface area contributed by atoms with Gasteiger partial charge < -0.3 is 16.2 Å². The average Bonchev–Trinajstić information content (AvgIpc) is 2.46. The van der Waals surface area contributed by atoms with Crippen molar-refractivity contribution in [1.29, 1.82) is 0 Å². The smallest absolute Gasteiger partial charge is 0.0818 e. The second-order valence-electron chi connectivity index (χ2n) is 6.42. The summed E-state index contributed by atoms with van der Waals surface area (Å²) in [5.74, 6) is 0. The van der Waals surface area contributed by atoms with E-state index in [-0.39, 0.29) is 11.6 Å². The molecule has 1 aliphatic rings. The van der Waals surface area contributed by atoms with E-state index in [1.165, 1.54) is 37.7 Å². The molecule has 0 radical (unpaired) electrons. The first-order valence-corrected chi connectivity index (χ1v) is 7.82. The largest absolute Gasteiger partial charge is 0.390 e. The minimum absolute atomic E-state index is 0.186. The molecule has 1 aliphatic carbocycles. The number of nitrogens with one attached hydrogen (secondary N) is 1. The maximum absolute atomic E-state index is 10.2. The molecule has 0 spiro atoms. The van der Waals surface area contributed by atoms with Crippen LogP contribution in [0.15, 0.2) is 30.3 Å². The molecule has 1 aromatic rings. The van der Waals surface area contributed by atoms with Crippen LogP contribution in [0.3, 0.4) is 0 Å². The van der Waals surface area contributed by atoms with Gasteiger partial charge in [0.15, 0.2) is 0 Å². The van der Waals surface area contributed by atoms with E-state index in [0.717, 1.165) is 6.42 Å². The molecule has 4 N–H and O–H groups in total. The van der Waals surface area contributed by atoms with E-state index in [0.29, 0.717) is 6.54 Å². The van der Waals surface area contributed by atoms with Crippen LogP contribution in [-0.2, 0) is 6.42 Å². The van der Waals surface area contributed by atoms with Crippen LogP contribution in [0.25, 0.3) is 0 Å². The van der Waals surface area contributed by atoms with Crippen LogP contribution in [0.5, 0.6) is 0 Å². The van der Waals surface area contributed by atoms with Crippen LogP contribution in [-0.4, -0.2) is 29.3 Å². The third-order valence-electron chi connectivity index (χ3n) is 4.50. The van der Waals surface area contributed by atoms with E-state index in [2.05, 4.69) is 24.4 Å². The monoisotopic (exact) mass is 276 g/mol. The predicted octanol–water partition coefficient (Wildman–Crippen LogP) is 2.23. The molecule has 0 aliphatic heterocycles. The van der Waals surface area contributed by atoms with E-state index in [4.69, 9.17) is 5.73 Å². The molecular formula is C17H28N2O. The van der Waals surface area contributed by atoms with Crippen molar-refractivity contribution in [2.75, 3.05) is 6.54 Å². The SMILES string of the molecule is CC1(NC[C@@H](O)[C@@H](N)Cc2ccccc2)CCCCC1. The molecule has 1 saturated carbocycles. The molecule has 3 nitrogen and oxygen atoms in total. The van der Waals surface area contributed by atoms with E-state index >= 15 is 0 Å². The van der Waals surface area contributed by atoms with Gasteiger partial charge >= 0.3 is 0 Å². The number of rotatable bonds is 6. The first kappa shape index (κ1) is 15.5. The zero-order chi connectivity index (χ0) is 14.4. The number of nitrogens with two attached hydrogens (primary N) is 1. The lowest BCUT2D eigenvalue weighted by Gasteiger charge is -2.36. The Hall–Kier alpha value is -0.900. The Morgan fingerprint density at radius 2 is 1.85 bits per heavy atom. The molecule has 0 saturated heterocycles. The molecular weight excluding hydrogens is 248 g/mol. The highest BCUT2D eigenvalue weighted by Gasteiger charge is 2.27. The Labute approximate surface area is 122 Å². The summed E-state index contributed by atoms with van der Waals surface area (Å²) in [6, 6.07) is 9.92. The summed E-state index contributed by atoms with van der Waals surface area (Å²) in [6.45, 7) is 2.85. The second-order valence-corrected chi connectivity index (χ2v) is 6.42. The summed E-state index contributed by atoms with van der Waals surface area (Å²) in [7, 11) is 0. The maximum atomic E-state index is 10.2. The number of hydrogen-bond donors (Lipinski definition) is 3. The summed E-state index contributed by atoms with van der Waals surface area (Å²) in [5, 5.41) is 13.8. The maximum Gasteiger partial charge on any atom is 0.0818 e. The van der Waals surface area contributed by atoms with Crippen LogP contribution in [0.4, 0.5) is 0 Å². The zero-order valence-corrected chi connectivity index (χ0v) is 12.5. The summed E-state index contributed by atoms with van der Waals surface area (Å²) < 4.78 is 0. The minimum atomic E-state index is -0.492. The molecule has 1 fully saturated rings.